The Balaban J connectivity index is 2.27. The van der Waals surface area contributed by atoms with E-state index in [2.05, 4.69) is 15.5 Å². The molecule has 0 bridgehead atoms. The van der Waals surface area contributed by atoms with Gasteiger partial charge in [0.15, 0.2) is 0 Å². The van der Waals surface area contributed by atoms with Crippen LogP contribution in [0.3, 0.4) is 0 Å². The number of aliphatic hydroxyl groups excluding tert-OH is 1. The van der Waals surface area contributed by atoms with Crippen molar-refractivity contribution in [3.8, 4) is 0 Å². The smallest absolute Gasteiger partial charge is 0.253 e. The molecule has 0 saturated heterocycles. The summed E-state index contributed by atoms with van der Waals surface area (Å²) in [7, 11) is 0. The van der Waals surface area contributed by atoms with Crippen molar-refractivity contribution in [2.24, 2.45) is 0 Å². The van der Waals surface area contributed by atoms with Gasteiger partial charge in [0.25, 0.3) is 5.91 Å². The molecule has 17 heavy (non-hydrogen) atoms. The summed E-state index contributed by atoms with van der Waals surface area (Å²) < 4.78 is 0. The molecular weight excluding hydrogens is 218 g/mol. The number of rotatable bonds is 4. The van der Waals surface area contributed by atoms with Crippen LogP contribution in [0.2, 0.25) is 0 Å². The maximum absolute atomic E-state index is 12.0. The SMILES string of the molecule is CCC(CO)NC(=O)c1cccc2cn[nH]c12. The van der Waals surface area contributed by atoms with Crippen molar-refractivity contribution in [2.45, 2.75) is 19.4 Å². The first-order chi connectivity index (χ1) is 8.26. The topological polar surface area (TPSA) is 78.0 Å². The third kappa shape index (κ3) is 2.29. The van der Waals surface area contributed by atoms with Gasteiger partial charge in [0, 0.05) is 5.39 Å². The van der Waals surface area contributed by atoms with Gasteiger partial charge in [0.2, 0.25) is 0 Å². The number of aromatic amines is 1. The second-order valence-corrected chi connectivity index (χ2v) is 3.90. The number of carbonyl (C=O) groups excluding carboxylic acids is 1. The molecule has 1 amide bonds. The zero-order valence-corrected chi connectivity index (χ0v) is 9.60. The lowest BCUT2D eigenvalue weighted by Gasteiger charge is -2.14. The van der Waals surface area contributed by atoms with Gasteiger partial charge < -0.3 is 10.4 Å². The van der Waals surface area contributed by atoms with E-state index in [1.165, 1.54) is 0 Å². The van der Waals surface area contributed by atoms with Crippen molar-refractivity contribution < 1.29 is 9.90 Å². The van der Waals surface area contributed by atoms with E-state index in [1.54, 1.807) is 12.3 Å². The Bertz CT molecular complexity index is 517. The number of H-pyrrole nitrogens is 1. The van der Waals surface area contributed by atoms with Gasteiger partial charge in [-0.2, -0.15) is 5.10 Å². The van der Waals surface area contributed by atoms with Crippen LogP contribution < -0.4 is 5.32 Å². The molecule has 5 nitrogen and oxygen atoms in total. The number of aliphatic hydroxyl groups is 1. The van der Waals surface area contributed by atoms with E-state index in [4.69, 9.17) is 5.11 Å². The summed E-state index contributed by atoms with van der Waals surface area (Å²) in [6.45, 7) is 1.86. The molecule has 1 atom stereocenters. The van der Waals surface area contributed by atoms with Crippen LogP contribution >= 0.6 is 0 Å². The average Bonchev–Trinajstić information content (AvgIpc) is 2.83. The van der Waals surface area contributed by atoms with Crippen LogP contribution in [0.5, 0.6) is 0 Å². The molecule has 0 aliphatic carbocycles. The molecule has 1 heterocycles. The van der Waals surface area contributed by atoms with Gasteiger partial charge in [-0.15, -0.1) is 0 Å². The lowest BCUT2D eigenvalue weighted by molar-refractivity contribution is 0.0916. The fraction of sp³-hybridized carbons (Fsp3) is 0.333. The molecule has 0 saturated carbocycles. The van der Waals surface area contributed by atoms with E-state index in [-0.39, 0.29) is 18.6 Å². The number of benzene rings is 1. The number of fused-ring (bicyclic) bond motifs is 1. The number of nitrogens with one attached hydrogen (secondary N) is 2. The molecule has 2 aromatic rings. The van der Waals surface area contributed by atoms with Crippen molar-refractivity contribution in [1.82, 2.24) is 15.5 Å². The summed E-state index contributed by atoms with van der Waals surface area (Å²) in [5.74, 6) is -0.194. The highest BCUT2D eigenvalue weighted by Crippen LogP contribution is 2.15. The molecule has 0 radical (unpaired) electrons. The van der Waals surface area contributed by atoms with Gasteiger partial charge in [-0.05, 0) is 12.5 Å². The number of hydrogen-bond donors (Lipinski definition) is 3. The van der Waals surface area contributed by atoms with Crippen LogP contribution in [0.4, 0.5) is 0 Å². The highest BCUT2D eigenvalue weighted by Gasteiger charge is 2.14. The predicted molar refractivity (Wildman–Crippen MR) is 64.7 cm³/mol. The minimum absolute atomic E-state index is 0.0544. The van der Waals surface area contributed by atoms with Crippen LogP contribution in [-0.4, -0.2) is 33.9 Å². The second-order valence-electron chi connectivity index (χ2n) is 3.90. The number of hydrogen-bond acceptors (Lipinski definition) is 3. The molecule has 3 N–H and O–H groups in total. The number of amides is 1. The first-order valence-corrected chi connectivity index (χ1v) is 5.60. The highest BCUT2D eigenvalue weighted by atomic mass is 16.3. The Labute approximate surface area is 98.8 Å². The van der Waals surface area contributed by atoms with E-state index in [0.717, 1.165) is 10.9 Å². The van der Waals surface area contributed by atoms with E-state index in [9.17, 15) is 4.79 Å². The van der Waals surface area contributed by atoms with E-state index in [1.807, 2.05) is 19.1 Å². The Morgan fingerprint density at radius 3 is 3.12 bits per heavy atom. The quantitative estimate of drug-likeness (QED) is 0.739. The van der Waals surface area contributed by atoms with Crippen molar-refractivity contribution >= 4 is 16.8 Å². The van der Waals surface area contributed by atoms with Crippen LogP contribution in [-0.2, 0) is 0 Å². The normalized spacial score (nSPS) is 12.6. The van der Waals surface area contributed by atoms with Crippen molar-refractivity contribution in [1.29, 1.82) is 0 Å². The van der Waals surface area contributed by atoms with Crippen molar-refractivity contribution in [3.05, 3.63) is 30.0 Å². The molecule has 0 aliphatic rings. The Morgan fingerprint density at radius 2 is 2.41 bits per heavy atom. The van der Waals surface area contributed by atoms with Gasteiger partial charge in [-0.3, -0.25) is 9.89 Å². The minimum atomic E-state index is -0.208. The first-order valence-electron chi connectivity index (χ1n) is 5.60. The molecular formula is C12H15N3O2. The van der Waals surface area contributed by atoms with E-state index < -0.39 is 0 Å². The molecule has 1 aromatic heterocycles. The lowest BCUT2D eigenvalue weighted by Crippen LogP contribution is -2.37. The molecule has 1 aromatic carbocycles. The molecule has 1 unspecified atom stereocenters. The van der Waals surface area contributed by atoms with Crippen LogP contribution in [0.1, 0.15) is 23.7 Å². The zero-order chi connectivity index (χ0) is 12.3. The number of carbonyl (C=O) groups is 1. The zero-order valence-electron chi connectivity index (χ0n) is 9.60. The third-order valence-corrected chi connectivity index (χ3v) is 2.77. The Hall–Kier alpha value is -1.88. The predicted octanol–water partition coefficient (Wildman–Crippen LogP) is 1.06. The maximum atomic E-state index is 12.0. The summed E-state index contributed by atoms with van der Waals surface area (Å²) in [5.41, 5.74) is 1.27. The monoisotopic (exact) mass is 233 g/mol. The van der Waals surface area contributed by atoms with Crippen LogP contribution in [0.25, 0.3) is 10.9 Å². The maximum Gasteiger partial charge on any atom is 0.253 e. The molecule has 90 valence electrons. The van der Waals surface area contributed by atoms with E-state index >= 15 is 0 Å². The molecule has 0 fully saturated rings. The van der Waals surface area contributed by atoms with Gasteiger partial charge in [-0.1, -0.05) is 19.1 Å². The number of aromatic nitrogens is 2. The molecule has 2 rings (SSSR count). The summed E-state index contributed by atoms with van der Waals surface area (Å²) in [6, 6.07) is 5.23. The standard InChI is InChI=1S/C12H15N3O2/c1-2-9(7-16)14-12(17)10-5-3-4-8-6-13-15-11(8)10/h3-6,9,16H,2,7H2,1H3,(H,13,15)(H,14,17). The van der Waals surface area contributed by atoms with Crippen LogP contribution in [0, 0.1) is 0 Å². The van der Waals surface area contributed by atoms with Crippen molar-refractivity contribution in [2.75, 3.05) is 6.61 Å². The Morgan fingerprint density at radius 1 is 1.59 bits per heavy atom. The summed E-state index contributed by atoms with van der Waals surface area (Å²) >= 11 is 0. The number of para-hydroxylation sites is 1. The lowest BCUT2D eigenvalue weighted by atomic mass is 10.1. The van der Waals surface area contributed by atoms with Gasteiger partial charge >= 0.3 is 0 Å². The minimum Gasteiger partial charge on any atom is -0.394 e. The van der Waals surface area contributed by atoms with Crippen LogP contribution in [0.15, 0.2) is 24.4 Å². The van der Waals surface area contributed by atoms with E-state index in [0.29, 0.717) is 12.0 Å². The van der Waals surface area contributed by atoms with Gasteiger partial charge in [-0.25, -0.2) is 0 Å². The second kappa shape index (κ2) is 4.97. The van der Waals surface area contributed by atoms with Crippen molar-refractivity contribution in [3.63, 3.8) is 0 Å². The fourth-order valence-electron chi connectivity index (χ4n) is 1.70. The fourth-order valence-corrected chi connectivity index (χ4v) is 1.70. The van der Waals surface area contributed by atoms with Gasteiger partial charge in [0.05, 0.1) is 29.9 Å². The third-order valence-electron chi connectivity index (χ3n) is 2.77. The average molecular weight is 233 g/mol. The molecule has 0 aliphatic heterocycles. The summed E-state index contributed by atoms with van der Waals surface area (Å²) in [6.07, 6.45) is 2.37. The molecule has 0 spiro atoms. The van der Waals surface area contributed by atoms with Gasteiger partial charge in [0.1, 0.15) is 0 Å². The highest BCUT2D eigenvalue weighted by molar-refractivity contribution is 6.05. The Kier molecular flexibility index (Phi) is 3.39. The largest absolute Gasteiger partial charge is 0.394 e. The summed E-state index contributed by atoms with van der Waals surface area (Å²) in [5, 5.41) is 19.5. The number of nitrogens with zero attached hydrogens (tertiary/aromatic N) is 1. The molecule has 5 heteroatoms. The first kappa shape index (κ1) is 11.6. The summed E-state index contributed by atoms with van der Waals surface area (Å²) in [4.78, 5) is 12.0.